The molecular formula is C50H57Cl3F2N6OS2. The first-order valence-corrected chi connectivity index (χ1v) is 24.9. The Kier molecular flexibility index (Phi) is 17.1. The molecule has 0 radical (unpaired) electrons. The summed E-state index contributed by atoms with van der Waals surface area (Å²) >= 11 is 24.2. The Balaban J connectivity index is 0.000000157. The highest BCUT2D eigenvalue weighted by Crippen LogP contribution is 2.48. The van der Waals surface area contributed by atoms with Crippen molar-refractivity contribution in [2.45, 2.75) is 75.3 Å². The highest BCUT2D eigenvalue weighted by atomic mass is 35.5. The van der Waals surface area contributed by atoms with Gasteiger partial charge in [0.1, 0.15) is 11.6 Å². The first kappa shape index (κ1) is 48.3. The van der Waals surface area contributed by atoms with E-state index in [1.165, 1.54) is 17.2 Å². The molecule has 0 bridgehead atoms. The van der Waals surface area contributed by atoms with E-state index >= 15 is 0 Å². The van der Waals surface area contributed by atoms with Crippen LogP contribution in [0.3, 0.4) is 0 Å². The van der Waals surface area contributed by atoms with E-state index < -0.39 is 5.41 Å². The number of thiazole rings is 1. The Hall–Kier alpha value is -3.68. The molecule has 7 nitrogen and oxygen atoms in total. The molecular weight excluding hydrogens is 909 g/mol. The number of ketones is 1. The third-order valence-electron chi connectivity index (χ3n) is 13.3. The lowest BCUT2D eigenvalue weighted by Crippen LogP contribution is -2.49. The fraction of sp³-hybridized carbons (Fsp3) is 0.420. The van der Waals surface area contributed by atoms with E-state index in [-0.39, 0.29) is 28.7 Å². The zero-order valence-electron chi connectivity index (χ0n) is 36.2. The summed E-state index contributed by atoms with van der Waals surface area (Å²) in [5.41, 5.74) is 9.66. The van der Waals surface area contributed by atoms with E-state index in [4.69, 9.17) is 57.7 Å². The molecule has 2 saturated heterocycles. The van der Waals surface area contributed by atoms with Crippen molar-refractivity contribution in [1.29, 1.82) is 0 Å². The van der Waals surface area contributed by atoms with Crippen molar-refractivity contribution < 1.29 is 13.6 Å². The van der Waals surface area contributed by atoms with Crippen molar-refractivity contribution in [2.24, 2.45) is 5.73 Å². The van der Waals surface area contributed by atoms with E-state index in [2.05, 4.69) is 44.3 Å². The Morgan fingerprint density at radius 2 is 1.14 bits per heavy atom. The van der Waals surface area contributed by atoms with Crippen LogP contribution in [0, 0.1) is 11.6 Å². The molecule has 3 heterocycles. The predicted octanol–water partition coefficient (Wildman–Crippen LogP) is 11.3. The third kappa shape index (κ3) is 11.8. The molecule has 1 aromatic heterocycles. The minimum Gasteiger partial charge on any atom is -0.376 e. The van der Waals surface area contributed by atoms with Crippen molar-refractivity contribution >= 4 is 74.4 Å². The summed E-state index contributed by atoms with van der Waals surface area (Å²) in [4.78, 5) is 26.4. The van der Waals surface area contributed by atoms with Gasteiger partial charge in [-0.1, -0.05) is 110 Å². The fourth-order valence-electron chi connectivity index (χ4n) is 9.69. The third-order valence-corrected chi connectivity index (χ3v) is 15.2. The van der Waals surface area contributed by atoms with Crippen LogP contribution in [0.25, 0.3) is 0 Å². The lowest BCUT2D eigenvalue weighted by Gasteiger charge is -2.35. The molecule has 2 saturated carbocycles. The largest absolute Gasteiger partial charge is 0.376 e. The molecule has 4 fully saturated rings. The number of hydrogen-bond acceptors (Lipinski definition) is 7. The molecule has 9 rings (SSSR count). The molecule has 340 valence electrons. The van der Waals surface area contributed by atoms with Crippen LogP contribution in [0.1, 0.15) is 79.3 Å². The van der Waals surface area contributed by atoms with Gasteiger partial charge in [0.2, 0.25) is 0 Å². The summed E-state index contributed by atoms with van der Waals surface area (Å²) in [6.07, 6.45) is 7.60. The summed E-state index contributed by atoms with van der Waals surface area (Å²) in [7, 11) is 0. The van der Waals surface area contributed by atoms with E-state index in [9.17, 15) is 13.6 Å². The summed E-state index contributed by atoms with van der Waals surface area (Å²) < 4.78 is 28.5. The van der Waals surface area contributed by atoms with Crippen LogP contribution in [0.15, 0.2) is 102 Å². The molecule has 0 unspecified atom stereocenters. The summed E-state index contributed by atoms with van der Waals surface area (Å²) in [5.74, 6) is -0.469. The number of aromatic nitrogens is 1. The second-order valence-corrected chi connectivity index (χ2v) is 19.6. The Bertz CT molecular complexity index is 2290. The van der Waals surface area contributed by atoms with Gasteiger partial charge >= 0.3 is 0 Å². The number of anilines is 1. The number of nitrogens with two attached hydrogens (primary N) is 1. The van der Waals surface area contributed by atoms with E-state index in [1.807, 2.05) is 41.3 Å². The lowest BCUT2D eigenvalue weighted by atomic mass is 9.75. The minimum absolute atomic E-state index is 0.0334. The quantitative estimate of drug-likeness (QED) is 0.110. The number of carbonyl (C=O) groups is 1. The molecule has 64 heavy (non-hydrogen) atoms. The van der Waals surface area contributed by atoms with Gasteiger partial charge in [0.25, 0.3) is 0 Å². The number of piperazine rings is 2. The van der Waals surface area contributed by atoms with Crippen molar-refractivity contribution in [3.63, 3.8) is 0 Å². The van der Waals surface area contributed by atoms with Gasteiger partial charge < -0.3 is 15.5 Å². The number of hydrogen-bond donors (Lipinski definition) is 1. The molecule has 2 aliphatic heterocycles. The Morgan fingerprint density at radius 3 is 1.62 bits per heavy atom. The van der Waals surface area contributed by atoms with Crippen LogP contribution in [-0.2, 0) is 28.7 Å². The molecule has 4 aromatic carbocycles. The summed E-state index contributed by atoms with van der Waals surface area (Å²) in [6.45, 7) is 9.70. The number of carbonyl (C=O) groups excluding carboxylic acids is 1. The van der Waals surface area contributed by atoms with Crippen LogP contribution in [-0.4, -0.2) is 88.8 Å². The van der Waals surface area contributed by atoms with Gasteiger partial charge in [0.15, 0.2) is 16.0 Å². The number of nitrogens with zero attached hydrogens (tertiary/aromatic N) is 5. The Morgan fingerprint density at radius 1 is 0.672 bits per heavy atom. The van der Waals surface area contributed by atoms with Gasteiger partial charge in [-0.2, -0.15) is 0 Å². The van der Waals surface area contributed by atoms with Gasteiger partial charge in [-0.3, -0.25) is 14.6 Å². The maximum Gasteiger partial charge on any atom is 0.185 e. The average Bonchev–Trinajstić information content (AvgIpc) is 4.13. The van der Waals surface area contributed by atoms with Gasteiger partial charge in [-0.15, -0.1) is 22.9 Å². The molecule has 2 aliphatic carbocycles. The number of rotatable bonds is 10. The van der Waals surface area contributed by atoms with E-state index in [0.717, 1.165) is 143 Å². The van der Waals surface area contributed by atoms with Crippen molar-refractivity contribution in [1.82, 2.24) is 19.7 Å². The Labute approximate surface area is 401 Å². The van der Waals surface area contributed by atoms with Crippen LogP contribution in [0.2, 0.25) is 10.0 Å². The van der Waals surface area contributed by atoms with Gasteiger partial charge in [0, 0.05) is 91.9 Å². The normalized spacial score (nSPS) is 18.5. The topological polar surface area (TPSA) is 68.9 Å². The van der Waals surface area contributed by atoms with E-state index in [1.54, 1.807) is 41.7 Å². The van der Waals surface area contributed by atoms with Crippen molar-refractivity contribution in [2.75, 3.05) is 63.1 Å². The van der Waals surface area contributed by atoms with Crippen LogP contribution < -0.4 is 10.6 Å². The summed E-state index contributed by atoms with van der Waals surface area (Å²) in [5, 5.41) is 5.32. The zero-order chi connectivity index (χ0) is 45.1. The standard InChI is InChI=1S/C25H27ClFN3S.C13H14ClFO.C12H16ClN3S/c26-20-9-7-19(8-10-20)17-29-13-15-30(16-14-29)24-28-23(18-31-24)25(11-3-4-12-25)21-5-1-2-6-22(21)27;14-9-12(16)13(7-3-4-8-13)10-5-1-2-6-11(10)15;13-11-3-1-10(2-4-11)9-15-5-7-16(8-6-15)12(14)17/h1-2,5-10,18H,3-4,11-17H2;1-2,5-6H,3-4,7-9H2;1-4H,5-9H2,(H2,14,17). The first-order valence-electron chi connectivity index (χ1n) is 22.3. The number of thiocarbonyl (C=S) groups is 1. The average molecular weight is 967 g/mol. The second kappa shape index (κ2) is 22.7. The highest BCUT2D eigenvalue weighted by Gasteiger charge is 2.44. The van der Waals surface area contributed by atoms with Crippen LogP contribution in [0.4, 0.5) is 13.9 Å². The molecule has 2 N–H and O–H groups in total. The molecule has 14 heteroatoms. The molecule has 0 spiro atoms. The maximum absolute atomic E-state index is 14.7. The maximum atomic E-state index is 14.7. The second-order valence-electron chi connectivity index (χ2n) is 17.2. The monoisotopic (exact) mass is 964 g/mol. The van der Waals surface area contributed by atoms with Gasteiger partial charge in [-0.05, 0) is 91.0 Å². The molecule has 4 aliphatic rings. The predicted molar refractivity (Wildman–Crippen MR) is 264 cm³/mol. The van der Waals surface area contributed by atoms with Crippen molar-refractivity contribution in [3.05, 3.63) is 152 Å². The fourth-order valence-corrected chi connectivity index (χ4v) is 11.4. The van der Waals surface area contributed by atoms with Gasteiger partial charge in [-0.25, -0.2) is 13.8 Å². The van der Waals surface area contributed by atoms with Gasteiger partial charge in [0.05, 0.1) is 17.0 Å². The van der Waals surface area contributed by atoms with Crippen molar-refractivity contribution in [3.8, 4) is 0 Å². The number of alkyl halides is 1. The van der Waals surface area contributed by atoms with E-state index in [0.29, 0.717) is 10.7 Å². The molecule has 0 amide bonds. The number of benzene rings is 4. The first-order chi connectivity index (χ1) is 31.0. The SMILES string of the molecule is Fc1ccccc1C1(c2csc(N3CCN(Cc4ccc(Cl)cc4)CC3)n2)CCCC1.NC(=S)N1CCN(Cc2ccc(Cl)cc2)CC1.O=C(CCl)C1(c2ccccc2F)CCCC1. The minimum atomic E-state index is -0.660. The highest BCUT2D eigenvalue weighted by molar-refractivity contribution is 7.80. The number of halogens is 5. The number of Topliss-reactive ketones (excluding diaryl/α,β-unsaturated/α-hetero) is 1. The lowest BCUT2D eigenvalue weighted by molar-refractivity contribution is -0.122. The smallest absolute Gasteiger partial charge is 0.185 e. The molecule has 5 aromatic rings. The van der Waals surface area contributed by atoms with Crippen LogP contribution >= 0.6 is 58.4 Å². The summed E-state index contributed by atoms with van der Waals surface area (Å²) in [6, 6.07) is 29.9. The molecule has 0 atom stereocenters. The zero-order valence-corrected chi connectivity index (χ0v) is 40.1. The van der Waals surface area contributed by atoms with Crippen LogP contribution in [0.5, 0.6) is 0 Å².